The van der Waals surface area contributed by atoms with Gasteiger partial charge in [-0.15, -0.1) is 0 Å². The monoisotopic (exact) mass is 359 g/mol. The standard InChI is InChI=1S/C14H12BrCl2NO/c1-8(18)11-4-3-10(7-13(11)17)19-14-5-2-9(16)6-12(14)15/h2-8H,18H2,1H3. The molecule has 2 rings (SSSR count). The van der Waals surface area contributed by atoms with Crippen molar-refractivity contribution >= 4 is 39.1 Å². The first-order valence-corrected chi connectivity index (χ1v) is 7.20. The van der Waals surface area contributed by atoms with Crippen LogP contribution in [-0.2, 0) is 0 Å². The van der Waals surface area contributed by atoms with Gasteiger partial charge in [0, 0.05) is 16.1 Å². The van der Waals surface area contributed by atoms with Gasteiger partial charge in [-0.2, -0.15) is 0 Å². The predicted molar refractivity (Wildman–Crippen MR) is 83.3 cm³/mol. The molecule has 0 aliphatic heterocycles. The van der Waals surface area contributed by atoms with Gasteiger partial charge in [0.25, 0.3) is 0 Å². The normalized spacial score (nSPS) is 12.3. The summed E-state index contributed by atoms with van der Waals surface area (Å²) < 4.78 is 6.53. The number of halogens is 3. The summed E-state index contributed by atoms with van der Waals surface area (Å²) in [4.78, 5) is 0. The van der Waals surface area contributed by atoms with E-state index >= 15 is 0 Å². The Morgan fingerprint density at radius 1 is 1.16 bits per heavy atom. The number of rotatable bonds is 3. The van der Waals surface area contributed by atoms with E-state index in [0.717, 1.165) is 10.0 Å². The minimum atomic E-state index is -0.108. The molecule has 2 aromatic rings. The Kier molecular flexibility index (Phi) is 4.74. The van der Waals surface area contributed by atoms with E-state index in [0.29, 0.717) is 21.5 Å². The summed E-state index contributed by atoms with van der Waals surface area (Å²) in [5, 5.41) is 1.24. The Hall–Kier alpha value is -0.740. The van der Waals surface area contributed by atoms with Crippen LogP contribution in [0.2, 0.25) is 10.0 Å². The van der Waals surface area contributed by atoms with Gasteiger partial charge in [-0.1, -0.05) is 29.3 Å². The third kappa shape index (κ3) is 3.63. The van der Waals surface area contributed by atoms with Crippen molar-refractivity contribution < 1.29 is 4.74 Å². The molecule has 0 bridgehead atoms. The second kappa shape index (κ2) is 6.14. The SMILES string of the molecule is CC(N)c1ccc(Oc2ccc(Cl)cc2Br)cc1Cl. The summed E-state index contributed by atoms with van der Waals surface area (Å²) in [6, 6.07) is 10.7. The zero-order valence-corrected chi connectivity index (χ0v) is 13.3. The Balaban J connectivity index is 2.26. The van der Waals surface area contributed by atoms with E-state index in [1.165, 1.54) is 0 Å². The first kappa shape index (κ1) is 14.7. The maximum Gasteiger partial charge on any atom is 0.141 e. The second-order valence-corrected chi connectivity index (χ2v) is 5.85. The quantitative estimate of drug-likeness (QED) is 0.776. The van der Waals surface area contributed by atoms with Crippen LogP contribution >= 0.6 is 39.1 Å². The van der Waals surface area contributed by atoms with E-state index in [1.54, 1.807) is 24.3 Å². The predicted octanol–water partition coefficient (Wildman–Crippen LogP) is 5.57. The molecule has 0 aliphatic rings. The summed E-state index contributed by atoms with van der Waals surface area (Å²) in [7, 11) is 0. The molecule has 19 heavy (non-hydrogen) atoms. The van der Waals surface area contributed by atoms with E-state index in [-0.39, 0.29) is 6.04 Å². The van der Waals surface area contributed by atoms with E-state index in [9.17, 15) is 0 Å². The number of nitrogens with two attached hydrogens (primary N) is 1. The van der Waals surface area contributed by atoms with Crippen LogP contribution in [0, 0.1) is 0 Å². The van der Waals surface area contributed by atoms with Crippen LogP contribution in [-0.4, -0.2) is 0 Å². The van der Waals surface area contributed by atoms with Crippen LogP contribution in [0.15, 0.2) is 40.9 Å². The highest BCUT2D eigenvalue weighted by atomic mass is 79.9. The molecule has 0 amide bonds. The van der Waals surface area contributed by atoms with Gasteiger partial charge >= 0.3 is 0 Å². The van der Waals surface area contributed by atoms with Crippen LogP contribution in [0.4, 0.5) is 0 Å². The van der Waals surface area contributed by atoms with E-state index in [1.807, 2.05) is 19.1 Å². The molecule has 0 saturated carbocycles. The van der Waals surface area contributed by atoms with Gasteiger partial charge in [0.05, 0.1) is 4.47 Å². The molecule has 5 heteroatoms. The van der Waals surface area contributed by atoms with E-state index < -0.39 is 0 Å². The molecule has 1 atom stereocenters. The fourth-order valence-electron chi connectivity index (χ4n) is 1.63. The lowest BCUT2D eigenvalue weighted by Crippen LogP contribution is -2.05. The third-order valence-electron chi connectivity index (χ3n) is 2.58. The van der Waals surface area contributed by atoms with Crippen molar-refractivity contribution in [1.82, 2.24) is 0 Å². The average Bonchev–Trinajstić information content (AvgIpc) is 2.32. The van der Waals surface area contributed by atoms with Crippen molar-refractivity contribution in [2.75, 3.05) is 0 Å². The van der Waals surface area contributed by atoms with Crippen LogP contribution < -0.4 is 10.5 Å². The third-order valence-corrected chi connectivity index (χ3v) is 3.77. The van der Waals surface area contributed by atoms with Gasteiger partial charge < -0.3 is 10.5 Å². The van der Waals surface area contributed by atoms with E-state index in [4.69, 9.17) is 33.7 Å². The van der Waals surface area contributed by atoms with Gasteiger partial charge in [-0.3, -0.25) is 0 Å². The molecule has 2 nitrogen and oxygen atoms in total. The smallest absolute Gasteiger partial charge is 0.141 e. The summed E-state index contributed by atoms with van der Waals surface area (Å²) in [6.45, 7) is 1.89. The summed E-state index contributed by atoms with van der Waals surface area (Å²) in [5.41, 5.74) is 6.70. The zero-order chi connectivity index (χ0) is 14.0. The maximum atomic E-state index is 6.16. The maximum absolute atomic E-state index is 6.16. The number of hydrogen-bond donors (Lipinski definition) is 1. The van der Waals surface area contributed by atoms with Gasteiger partial charge in [0.1, 0.15) is 11.5 Å². The van der Waals surface area contributed by atoms with Crippen molar-refractivity contribution in [3.8, 4) is 11.5 Å². The lowest BCUT2D eigenvalue weighted by Gasteiger charge is -2.12. The fraction of sp³-hybridized carbons (Fsp3) is 0.143. The highest BCUT2D eigenvalue weighted by molar-refractivity contribution is 9.10. The minimum Gasteiger partial charge on any atom is -0.456 e. The van der Waals surface area contributed by atoms with Crippen LogP contribution in [0.1, 0.15) is 18.5 Å². The molecule has 0 heterocycles. The van der Waals surface area contributed by atoms with Crippen molar-refractivity contribution in [1.29, 1.82) is 0 Å². The highest BCUT2D eigenvalue weighted by Crippen LogP contribution is 2.34. The number of ether oxygens (including phenoxy) is 1. The molecular formula is C14H12BrCl2NO. The van der Waals surface area contributed by atoms with Crippen molar-refractivity contribution in [2.45, 2.75) is 13.0 Å². The van der Waals surface area contributed by atoms with Gasteiger partial charge in [0.15, 0.2) is 0 Å². The van der Waals surface area contributed by atoms with Gasteiger partial charge in [0.2, 0.25) is 0 Å². The molecule has 1 unspecified atom stereocenters. The summed E-state index contributed by atoms with van der Waals surface area (Å²) >= 11 is 15.4. The lowest BCUT2D eigenvalue weighted by molar-refractivity contribution is 0.479. The molecule has 0 saturated heterocycles. The molecule has 2 aromatic carbocycles. The molecule has 0 fully saturated rings. The van der Waals surface area contributed by atoms with Crippen molar-refractivity contribution in [3.63, 3.8) is 0 Å². The Bertz CT molecular complexity index is 602. The molecule has 0 aromatic heterocycles. The Labute approximate surface area is 130 Å². The molecule has 0 radical (unpaired) electrons. The minimum absolute atomic E-state index is 0.108. The first-order valence-electron chi connectivity index (χ1n) is 5.65. The van der Waals surface area contributed by atoms with Gasteiger partial charge in [-0.25, -0.2) is 0 Å². The number of benzene rings is 2. The molecule has 0 spiro atoms. The fourth-order valence-corrected chi connectivity index (χ4v) is 2.73. The van der Waals surface area contributed by atoms with Crippen LogP contribution in [0.3, 0.4) is 0 Å². The lowest BCUT2D eigenvalue weighted by atomic mass is 10.1. The van der Waals surface area contributed by atoms with E-state index in [2.05, 4.69) is 15.9 Å². The zero-order valence-electron chi connectivity index (χ0n) is 10.2. The molecular weight excluding hydrogens is 349 g/mol. The largest absolute Gasteiger partial charge is 0.456 e. The van der Waals surface area contributed by atoms with Crippen molar-refractivity contribution in [3.05, 3.63) is 56.5 Å². The molecule has 2 N–H and O–H groups in total. The molecule has 100 valence electrons. The van der Waals surface area contributed by atoms with Crippen LogP contribution in [0.5, 0.6) is 11.5 Å². The second-order valence-electron chi connectivity index (χ2n) is 4.15. The summed E-state index contributed by atoms with van der Waals surface area (Å²) in [6.07, 6.45) is 0. The van der Waals surface area contributed by atoms with Crippen molar-refractivity contribution in [2.24, 2.45) is 5.73 Å². The summed E-state index contributed by atoms with van der Waals surface area (Å²) in [5.74, 6) is 1.33. The highest BCUT2D eigenvalue weighted by Gasteiger charge is 2.08. The molecule has 0 aliphatic carbocycles. The topological polar surface area (TPSA) is 35.2 Å². The number of hydrogen-bond acceptors (Lipinski definition) is 2. The van der Waals surface area contributed by atoms with Gasteiger partial charge in [-0.05, 0) is 58.7 Å². The average molecular weight is 361 g/mol. The van der Waals surface area contributed by atoms with Crippen LogP contribution in [0.25, 0.3) is 0 Å². The first-order chi connectivity index (χ1) is 8.97. The Morgan fingerprint density at radius 3 is 2.47 bits per heavy atom. The Morgan fingerprint density at radius 2 is 1.89 bits per heavy atom.